The molecule has 0 N–H and O–H groups in total. The van der Waals surface area contributed by atoms with Crippen LogP contribution in [-0.2, 0) is 24.0 Å². The molecule has 10 heteroatoms. The second kappa shape index (κ2) is 3.45. The van der Waals surface area contributed by atoms with Gasteiger partial charge in [0.25, 0.3) is 11.8 Å². The minimum atomic E-state index is -5.96. The number of nitrogens with zero attached hydrogens (tertiary/aromatic N) is 1. The van der Waals surface area contributed by atoms with E-state index in [2.05, 4.69) is 4.28 Å². The summed E-state index contributed by atoms with van der Waals surface area (Å²) in [5.41, 5.74) is -5.67. The number of rotatable bonds is 2. The van der Waals surface area contributed by atoms with Gasteiger partial charge in [-0.15, -0.1) is 9.35 Å². The number of alkyl halides is 3. The van der Waals surface area contributed by atoms with E-state index >= 15 is 0 Å². The summed E-state index contributed by atoms with van der Waals surface area (Å²) in [4.78, 5) is 21.5. The number of hydrogen-bond donors (Lipinski definition) is 0. The lowest BCUT2D eigenvalue weighted by molar-refractivity contribution is -0.166. The molecule has 0 aromatic carbocycles. The van der Waals surface area contributed by atoms with Gasteiger partial charge in [0.05, 0.1) is 0 Å². The molecule has 0 atom stereocenters. The van der Waals surface area contributed by atoms with Crippen molar-refractivity contribution in [1.29, 1.82) is 0 Å². The minimum Gasteiger partial charge on any atom is -0.272 e. The SMILES string of the molecule is O=C1CCC(=O)N1OS(=O)(=O)C(F)(F)F. The summed E-state index contributed by atoms with van der Waals surface area (Å²) >= 11 is 0. The first-order valence-corrected chi connectivity index (χ1v) is 4.92. The van der Waals surface area contributed by atoms with Crippen molar-refractivity contribution in [3.8, 4) is 0 Å². The summed E-state index contributed by atoms with van der Waals surface area (Å²) in [5.74, 6) is -2.24. The molecule has 0 saturated carbocycles. The van der Waals surface area contributed by atoms with Gasteiger partial charge in [-0.2, -0.15) is 21.6 Å². The summed E-state index contributed by atoms with van der Waals surface area (Å²) in [6.45, 7) is 0. The van der Waals surface area contributed by atoms with E-state index in [1.807, 2.05) is 0 Å². The van der Waals surface area contributed by atoms with Gasteiger partial charge in [0, 0.05) is 12.8 Å². The molecule has 1 fully saturated rings. The van der Waals surface area contributed by atoms with Crippen LogP contribution in [0.15, 0.2) is 0 Å². The van der Waals surface area contributed by atoms with Crippen LogP contribution >= 0.6 is 0 Å². The fraction of sp³-hybridized carbons (Fsp3) is 0.600. The lowest BCUT2D eigenvalue weighted by Crippen LogP contribution is -2.37. The van der Waals surface area contributed by atoms with E-state index in [4.69, 9.17) is 0 Å². The Bertz CT molecular complexity index is 383. The van der Waals surface area contributed by atoms with Gasteiger partial charge in [-0.05, 0) is 0 Å². The molecule has 0 aromatic rings. The molecule has 1 heterocycles. The molecule has 1 rings (SSSR count). The first-order valence-electron chi connectivity index (χ1n) is 3.52. The first kappa shape index (κ1) is 11.9. The summed E-state index contributed by atoms with van der Waals surface area (Å²) in [7, 11) is -5.96. The van der Waals surface area contributed by atoms with Crippen LogP contribution in [0, 0.1) is 0 Å². The normalized spacial score (nSPS) is 18.7. The molecule has 0 bridgehead atoms. The zero-order chi connectivity index (χ0) is 11.9. The van der Waals surface area contributed by atoms with Gasteiger partial charge < -0.3 is 0 Å². The Kier molecular flexibility index (Phi) is 2.74. The third-order valence-electron chi connectivity index (χ3n) is 1.46. The van der Waals surface area contributed by atoms with E-state index in [9.17, 15) is 31.2 Å². The van der Waals surface area contributed by atoms with Crippen LogP contribution in [0.25, 0.3) is 0 Å². The van der Waals surface area contributed by atoms with Crippen LogP contribution < -0.4 is 0 Å². The third-order valence-corrected chi connectivity index (χ3v) is 2.37. The summed E-state index contributed by atoms with van der Waals surface area (Å²) in [6, 6.07) is 0. The van der Waals surface area contributed by atoms with Gasteiger partial charge >= 0.3 is 15.6 Å². The number of hydrogen-bond acceptors (Lipinski definition) is 5. The van der Waals surface area contributed by atoms with Gasteiger partial charge in [-0.1, -0.05) is 0 Å². The van der Waals surface area contributed by atoms with E-state index in [1.54, 1.807) is 0 Å². The molecule has 86 valence electrons. The van der Waals surface area contributed by atoms with Crippen LogP contribution in [0.3, 0.4) is 0 Å². The minimum absolute atomic E-state index is 0.369. The zero-order valence-electron chi connectivity index (χ0n) is 6.94. The Morgan fingerprint density at radius 1 is 1.13 bits per heavy atom. The molecule has 0 aliphatic carbocycles. The van der Waals surface area contributed by atoms with Gasteiger partial charge in [-0.3, -0.25) is 9.59 Å². The lowest BCUT2D eigenvalue weighted by Gasteiger charge is -2.13. The largest absolute Gasteiger partial charge is 0.525 e. The summed E-state index contributed by atoms with van der Waals surface area (Å²) in [5, 5.41) is -0.386. The summed E-state index contributed by atoms with van der Waals surface area (Å²) < 4.78 is 59.5. The number of hydroxylamine groups is 2. The number of amides is 2. The van der Waals surface area contributed by atoms with Gasteiger partial charge in [0.1, 0.15) is 0 Å². The Morgan fingerprint density at radius 2 is 1.53 bits per heavy atom. The van der Waals surface area contributed by atoms with Crippen molar-refractivity contribution in [2.24, 2.45) is 0 Å². The third kappa shape index (κ3) is 2.26. The lowest BCUT2D eigenvalue weighted by atomic mass is 10.4. The number of halogens is 3. The Labute approximate surface area is 81.7 Å². The van der Waals surface area contributed by atoms with E-state index < -0.39 is 27.4 Å². The zero-order valence-corrected chi connectivity index (χ0v) is 7.76. The van der Waals surface area contributed by atoms with Crippen molar-refractivity contribution in [1.82, 2.24) is 5.06 Å². The van der Waals surface area contributed by atoms with Gasteiger partial charge in [0.2, 0.25) is 0 Å². The van der Waals surface area contributed by atoms with Crippen molar-refractivity contribution in [3.63, 3.8) is 0 Å². The molecular formula is C5H4F3NO5S. The van der Waals surface area contributed by atoms with Crippen molar-refractivity contribution in [2.75, 3.05) is 0 Å². The Hall–Kier alpha value is -1.16. The maximum Gasteiger partial charge on any atom is 0.525 e. The molecule has 1 saturated heterocycles. The maximum atomic E-state index is 11.8. The molecule has 15 heavy (non-hydrogen) atoms. The highest BCUT2D eigenvalue weighted by atomic mass is 32.2. The topological polar surface area (TPSA) is 80.8 Å². The molecule has 0 aromatic heterocycles. The van der Waals surface area contributed by atoms with Crippen LogP contribution in [0.2, 0.25) is 0 Å². The summed E-state index contributed by atoms with van der Waals surface area (Å²) in [6.07, 6.45) is -0.738. The van der Waals surface area contributed by atoms with E-state index in [1.165, 1.54) is 0 Å². The first-order chi connectivity index (χ1) is 6.65. The molecular weight excluding hydrogens is 243 g/mol. The molecule has 1 aliphatic heterocycles. The second-order valence-corrected chi connectivity index (χ2v) is 4.08. The fourth-order valence-electron chi connectivity index (χ4n) is 0.780. The molecule has 0 spiro atoms. The predicted molar refractivity (Wildman–Crippen MR) is 37.1 cm³/mol. The van der Waals surface area contributed by atoms with Crippen molar-refractivity contribution < 1.29 is 35.5 Å². The van der Waals surface area contributed by atoms with Crippen LogP contribution in [-0.4, -0.2) is 30.8 Å². The molecule has 2 amide bonds. The quantitative estimate of drug-likeness (QED) is 0.503. The molecule has 0 unspecified atom stereocenters. The van der Waals surface area contributed by atoms with Crippen molar-refractivity contribution >= 4 is 21.9 Å². The second-order valence-electron chi connectivity index (χ2n) is 2.56. The Morgan fingerprint density at radius 3 is 1.87 bits per heavy atom. The number of imide groups is 1. The number of carbonyl (C=O) groups is 2. The highest BCUT2D eigenvalue weighted by molar-refractivity contribution is 7.87. The predicted octanol–water partition coefficient (Wildman–Crippen LogP) is -0.0834. The Balaban J connectivity index is 2.87. The standard InChI is InChI=1S/C5H4F3NO5S/c6-5(7,8)15(12,13)14-9-3(10)1-2-4(9)11/h1-2H2. The maximum absolute atomic E-state index is 11.8. The molecule has 0 radical (unpaired) electrons. The molecule has 1 aliphatic rings. The average molecular weight is 247 g/mol. The van der Waals surface area contributed by atoms with E-state index in [-0.39, 0.29) is 17.9 Å². The van der Waals surface area contributed by atoms with Crippen LogP contribution in [0.1, 0.15) is 12.8 Å². The van der Waals surface area contributed by atoms with Gasteiger partial charge in [0.15, 0.2) is 0 Å². The fourth-order valence-corrected chi connectivity index (χ4v) is 1.23. The van der Waals surface area contributed by atoms with Crippen molar-refractivity contribution in [3.05, 3.63) is 0 Å². The highest BCUT2D eigenvalue weighted by Gasteiger charge is 2.51. The van der Waals surface area contributed by atoms with Crippen molar-refractivity contribution in [2.45, 2.75) is 18.3 Å². The highest BCUT2D eigenvalue weighted by Crippen LogP contribution is 2.27. The van der Waals surface area contributed by atoms with E-state index in [0.717, 1.165) is 0 Å². The van der Waals surface area contributed by atoms with E-state index in [0.29, 0.717) is 0 Å². The molecule has 6 nitrogen and oxygen atoms in total. The number of carbonyl (C=O) groups excluding carboxylic acids is 2. The monoisotopic (exact) mass is 247 g/mol. The average Bonchev–Trinajstić information content (AvgIpc) is 2.33. The smallest absolute Gasteiger partial charge is 0.272 e. The van der Waals surface area contributed by atoms with Crippen LogP contribution in [0.5, 0.6) is 0 Å². The van der Waals surface area contributed by atoms with Gasteiger partial charge in [-0.25, -0.2) is 0 Å². The van der Waals surface area contributed by atoms with Crippen LogP contribution in [0.4, 0.5) is 13.2 Å².